The van der Waals surface area contributed by atoms with Gasteiger partial charge in [0.05, 0.1) is 11.7 Å². The summed E-state index contributed by atoms with van der Waals surface area (Å²) in [5, 5.41) is 7.99. The summed E-state index contributed by atoms with van der Waals surface area (Å²) in [6.45, 7) is 10.3. The monoisotopic (exact) mass is 206 g/mol. The van der Waals surface area contributed by atoms with E-state index in [2.05, 4.69) is 43.1 Å². The highest BCUT2D eigenvalue weighted by molar-refractivity contribution is 5.78. The molecule has 0 spiro atoms. The van der Waals surface area contributed by atoms with Gasteiger partial charge >= 0.3 is 0 Å². The minimum absolute atomic E-state index is 1.10. The van der Waals surface area contributed by atoms with Gasteiger partial charge in [0.2, 0.25) is 0 Å². The van der Waals surface area contributed by atoms with Crippen molar-refractivity contribution in [2.24, 2.45) is 0 Å². The normalized spacial score (nSPS) is 8.60. The smallest absolute Gasteiger partial charge is 0.0650 e. The number of nitrogens with zero attached hydrogens (tertiary/aromatic N) is 1. The molecule has 1 aromatic heterocycles. The van der Waals surface area contributed by atoms with Crippen molar-refractivity contribution in [2.45, 2.75) is 41.0 Å². The van der Waals surface area contributed by atoms with Crippen LogP contribution in [-0.2, 0) is 0 Å². The number of nitrogens with one attached hydrogen (secondary N) is 1. The Labute approximate surface area is 92.7 Å². The third-order valence-corrected chi connectivity index (χ3v) is 1.60. The summed E-state index contributed by atoms with van der Waals surface area (Å²) in [4.78, 5) is 0. The Hall–Kier alpha value is -1.31. The number of benzene rings is 1. The standard InChI is InChI=1S/C8H8N2.C3H8.C2H6/c1-6-2-3-8-7(4-6)5-9-10-8;1-3-2;1-2/h2-5H,1H3,(H,9,10);3H2,1-2H3;1-2H3. The third kappa shape index (κ3) is 4.63. The number of hydrogen-bond acceptors (Lipinski definition) is 1. The molecule has 2 nitrogen and oxygen atoms in total. The average molecular weight is 206 g/mol. The number of rotatable bonds is 0. The maximum absolute atomic E-state index is 3.92. The number of aryl methyl sites for hydroxylation is 1. The van der Waals surface area contributed by atoms with E-state index in [0.717, 1.165) is 5.52 Å². The van der Waals surface area contributed by atoms with Crippen LogP contribution in [0.1, 0.15) is 39.7 Å². The molecule has 0 unspecified atom stereocenters. The van der Waals surface area contributed by atoms with E-state index in [0.29, 0.717) is 0 Å². The maximum atomic E-state index is 3.92. The molecule has 0 aliphatic carbocycles. The van der Waals surface area contributed by atoms with Crippen molar-refractivity contribution in [3.63, 3.8) is 0 Å². The van der Waals surface area contributed by atoms with Gasteiger partial charge in [-0.2, -0.15) is 5.10 Å². The van der Waals surface area contributed by atoms with Crippen LogP contribution in [0.5, 0.6) is 0 Å². The second kappa shape index (κ2) is 8.04. The first-order chi connectivity index (χ1) is 7.27. The highest BCUT2D eigenvalue weighted by atomic mass is 15.1. The molecule has 0 aliphatic rings. The van der Waals surface area contributed by atoms with Crippen molar-refractivity contribution < 1.29 is 0 Å². The molecule has 0 saturated carbocycles. The fraction of sp³-hybridized carbons (Fsp3) is 0.462. The van der Waals surface area contributed by atoms with Gasteiger partial charge < -0.3 is 0 Å². The Morgan fingerprint density at radius 3 is 2.40 bits per heavy atom. The molecule has 0 saturated heterocycles. The van der Waals surface area contributed by atoms with Gasteiger partial charge in [0.15, 0.2) is 0 Å². The average Bonchev–Trinajstić information content (AvgIpc) is 2.69. The van der Waals surface area contributed by atoms with Crippen LogP contribution in [0.3, 0.4) is 0 Å². The van der Waals surface area contributed by atoms with E-state index < -0.39 is 0 Å². The summed E-state index contributed by atoms with van der Waals surface area (Å²) in [6, 6.07) is 6.22. The summed E-state index contributed by atoms with van der Waals surface area (Å²) < 4.78 is 0. The molecule has 0 amide bonds. The first-order valence-corrected chi connectivity index (χ1v) is 5.67. The van der Waals surface area contributed by atoms with Gasteiger partial charge in [-0.05, 0) is 19.1 Å². The molecule has 0 fully saturated rings. The van der Waals surface area contributed by atoms with Crippen molar-refractivity contribution in [3.05, 3.63) is 30.0 Å². The lowest BCUT2D eigenvalue weighted by Crippen LogP contribution is -1.70. The fourth-order valence-corrected chi connectivity index (χ4v) is 1.06. The highest BCUT2D eigenvalue weighted by Crippen LogP contribution is 2.11. The van der Waals surface area contributed by atoms with Crippen LogP contribution in [-0.4, -0.2) is 10.2 Å². The molecule has 84 valence electrons. The quantitative estimate of drug-likeness (QED) is 0.683. The Morgan fingerprint density at radius 1 is 1.20 bits per heavy atom. The molecule has 0 radical (unpaired) electrons. The van der Waals surface area contributed by atoms with E-state index in [-0.39, 0.29) is 0 Å². The number of aromatic amines is 1. The van der Waals surface area contributed by atoms with Gasteiger partial charge in [-0.1, -0.05) is 45.7 Å². The lowest BCUT2D eigenvalue weighted by atomic mass is 10.2. The first-order valence-electron chi connectivity index (χ1n) is 5.67. The maximum Gasteiger partial charge on any atom is 0.0650 e. The summed E-state index contributed by atoms with van der Waals surface area (Å²) in [5.41, 5.74) is 2.37. The van der Waals surface area contributed by atoms with Crippen LogP contribution in [0.4, 0.5) is 0 Å². The van der Waals surface area contributed by atoms with Gasteiger partial charge in [-0.25, -0.2) is 0 Å². The predicted octanol–water partition coefficient (Wildman–Crippen LogP) is 4.31. The lowest BCUT2D eigenvalue weighted by Gasteiger charge is -1.89. The molecule has 2 aromatic rings. The van der Waals surface area contributed by atoms with E-state index in [9.17, 15) is 0 Å². The van der Waals surface area contributed by atoms with E-state index in [4.69, 9.17) is 0 Å². The zero-order chi connectivity index (χ0) is 11.7. The molecule has 0 aliphatic heterocycles. The van der Waals surface area contributed by atoms with Crippen LogP contribution >= 0.6 is 0 Å². The largest absolute Gasteiger partial charge is 0.278 e. The molecule has 0 atom stereocenters. The van der Waals surface area contributed by atoms with Crippen molar-refractivity contribution in [3.8, 4) is 0 Å². The molecular formula is C13H22N2. The van der Waals surface area contributed by atoms with Crippen LogP contribution in [0.25, 0.3) is 10.9 Å². The van der Waals surface area contributed by atoms with Gasteiger partial charge in [0.1, 0.15) is 0 Å². The number of fused-ring (bicyclic) bond motifs is 1. The minimum Gasteiger partial charge on any atom is -0.278 e. The molecule has 15 heavy (non-hydrogen) atoms. The Balaban J connectivity index is 0.000000342. The van der Waals surface area contributed by atoms with Gasteiger partial charge in [-0.3, -0.25) is 5.10 Å². The second-order valence-corrected chi connectivity index (χ2v) is 3.17. The van der Waals surface area contributed by atoms with E-state index >= 15 is 0 Å². The Bertz CT molecular complexity index is 363. The minimum atomic E-state index is 1.10. The summed E-state index contributed by atoms with van der Waals surface area (Å²) in [6.07, 6.45) is 3.09. The number of hydrogen-bond donors (Lipinski definition) is 1. The van der Waals surface area contributed by atoms with E-state index in [1.54, 1.807) is 0 Å². The molecule has 1 aromatic carbocycles. The molecule has 0 bridgehead atoms. The Kier molecular flexibility index (Phi) is 7.33. The molecule has 1 heterocycles. The van der Waals surface area contributed by atoms with Crippen molar-refractivity contribution in [2.75, 3.05) is 0 Å². The van der Waals surface area contributed by atoms with Crippen molar-refractivity contribution in [1.82, 2.24) is 10.2 Å². The zero-order valence-corrected chi connectivity index (χ0v) is 10.5. The highest BCUT2D eigenvalue weighted by Gasteiger charge is 1.92. The molecule has 2 rings (SSSR count). The molecule has 1 N–H and O–H groups in total. The van der Waals surface area contributed by atoms with Crippen LogP contribution in [0, 0.1) is 6.92 Å². The van der Waals surface area contributed by atoms with Gasteiger partial charge in [0, 0.05) is 5.39 Å². The van der Waals surface area contributed by atoms with Crippen LogP contribution < -0.4 is 0 Å². The SMILES string of the molecule is CC.CCC.Cc1ccc2[nH]ncc2c1. The lowest BCUT2D eigenvalue weighted by molar-refractivity contribution is 1.09. The number of H-pyrrole nitrogens is 1. The first kappa shape index (κ1) is 13.7. The molecular weight excluding hydrogens is 184 g/mol. The van der Waals surface area contributed by atoms with Crippen molar-refractivity contribution >= 4 is 10.9 Å². The second-order valence-electron chi connectivity index (χ2n) is 3.17. The summed E-state index contributed by atoms with van der Waals surface area (Å²) in [5.74, 6) is 0. The van der Waals surface area contributed by atoms with E-state index in [1.807, 2.05) is 26.1 Å². The van der Waals surface area contributed by atoms with Gasteiger partial charge in [-0.15, -0.1) is 0 Å². The van der Waals surface area contributed by atoms with Crippen molar-refractivity contribution in [1.29, 1.82) is 0 Å². The number of aromatic nitrogens is 2. The fourth-order valence-electron chi connectivity index (χ4n) is 1.06. The van der Waals surface area contributed by atoms with E-state index in [1.165, 1.54) is 17.4 Å². The van der Waals surface area contributed by atoms with Crippen LogP contribution in [0.15, 0.2) is 24.4 Å². The third-order valence-electron chi connectivity index (χ3n) is 1.60. The molecule has 2 heteroatoms. The van der Waals surface area contributed by atoms with Gasteiger partial charge in [0.25, 0.3) is 0 Å². The topological polar surface area (TPSA) is 28.7 Å². The summed E-state index contributed by atoms with van der Waals surface area (Å²) in [7, 11) is 0. The van der Waals surface area contributed by atoms with Crippen LogP contribution in [0.2, 0.25) is 0 Å². The Morgan fingerprint density at radius 2 is 1.80 bits per heavy atom. The zero-order valence-electron chi connectivity index (χ0n) is 10.5. The predicted molar refractivity (Wildman–Crippen MR) is 68.1 cm³/mol. The summed E-state index contributed by atoms with van der Waals surface area (Å²) >= 11 is 0.